The molecule has 0 aliphatic carbocycles. The average Bonchev–Trinajstić information content (AvgIpc) is 2.99. The molecule has 0 spiro atoms. The molecule has 0 bridgehead atoms. The Hall–Kier alpha value is -3.73. The van der Waals surface area contributed by atoms with Gasteiger partial charge in [-0.1, -0.05) is 5.21 Å². The maximum absolute atomic E-state index is 11.2. The lowest BCUT2D eigenvalue weighted by Crippen LogP contribution is -2.03. The predicted octanol–water partition coefficient (Wildman–Crippen LogP) is 1.60. The number of carboxylic acid groups (broad SMARTS) is 1. The molecular formula is C15H9N5O3. The highest BCUT2D eigenvalue weighted by atomic mass is 16.4. The number of aromatic hydroxyl groups is 1. The molecule has 23 heavy (non-hydrogen) atoms. The number of carboxylic acids is 1. The van der Waals surface area contributed by atoms with Crippen molar-refractivity contribution in [3.63, 3.8) is 0 Å². The molecule has 0 unspecified atom stereocenters. The molecule has 0 atom stereocenters. The van der Waals surface area contributed by atoms with E-state index in [1.807, 2.05) is 6.07 Å². The van der Waals surface area contributed by atoms with Gasteiger partial charge in [0.05, 0.1) is 5.69 Å². The molecule has 0 radical (unpaired) electrons. The van der Waals surface area contributed by atoms with Gasteiger partial charge >= 0.3 is 5.97 Å². The summed E-state index contributed by atoms with van der Waals surface area (Å²) < 4.78 is 1.35. The topological polar surface area (TPSA) is 125 Å². The molecule has 112 valence electrons. The second-order valence-corrected chi connectivity index (χ2v) is 4.55. The summed E-state index contributed by atoms with van der Waals surface area (Å²) in [5.41, 5.74) is 1.27. The number of rotatable bonds is 3. The first-order chi connectivity index (χ1) is 11.1. The summed E-state index contributed by atoms with van der Waals surface area (Å²) >= 11 is 0. The van der Waals surface area contributed by atoms with Crippen LogP contribution in [0.1, 0.15) is 16.1 Å². The Labute approximate surface area is 129 Å². The van der Waals surface area contributed by atoms with E-state index in [2.05, 4.69) is 15.3 Å². The lowest BCUT2D eigenvalue weighted by atomic mass is 10.1. The van der Waals surface area contributed by atoms with Crippen LogP contribution in [0.15, 0.2) is 42.7 Å². The fraction of sp³-hybridized carbons (Fsp3) is 0. The van der Waals surface area contributed by atoms with Crippen molar-refractivity contribution in [1.29, 1.82) is 5.26 Å². The smallest absolute Gasteiger partial charge is 0.339 e. The van der Waals surface area contributed by atoms with Gasteiger partial charge in [-0.25, -0.2) is 9.48 Å². The van der Waals surface area contributed by atoms with E-state index in [4.69, 9.17) is 5.11 Å². The van der Waals surface area contributed by atoms with E-state index < -0.39 is 5.97 Å². The van der Waals surface area contributed by atoms with E-state index >= 15 is 0 Å². The van der Waals surface area contributed by atoms with E-state index in [9.17, 15) is 15.2 Å². The molecule has 2 aromatic heterocycles. The van der Waals surface area contributed by atoms with Gasteiger partial charge in [0.25, 0.3) is 0 Å². The largest absolute Gasteiger partial charge is 0.507 e. The van der Waals surface area contributed by atoms with Crippen LogP contribution in [0, 0.1) is 11.3 Å². The van der Waals surface area contributed by atoms with Crippen molar-refractivity contribution >= 4 is 5.97 Å². The van der Waals surface area contributed by atoms with Crippen molar-refractivity contribution in [3.05, 3.63) is 54.0 Å². The standard InChI is InChI=1S/C15H9N5O3/c16-8-12-14(9-3-5-17-6-4-9)20(19-18-12)10-1-2-13(21)11(7-10)15(22)23/h1-7,21H,(H,22,23). The molecule has 2 heterocycles. The summed E-state index contributed by atoms with van der Waals surface area (Å²) in [4.78, 5) is 15.1. The molecule has 1 aromatic carbocycles. The van der Waals surface area contributed by atoms with E-state index in [0.29, 0.717) is 16.9 Å². The summed E-state index contributed by atoms with van der Waals surface area (Å²) in [6.07, 6.45) is 3.13. The number of carbonyl (C=O) groups is 1. The number of phenols is 1. The SMILES string of the molecule is N#Cc1nnn(-c2ccc(O)c(C(=O)O)c2)c1-c1ccncc1. The Morgan fingerprint density at radius 3 is 2.61 bits per heavy atom. The van der Waals surface area contributed by atoms with Gasteiger partial charge in [-0.2, -0.15) is 5.26 Å². The van der Waals surface area contributed by atoms with Crippen molar-refractivity contribution in [3.8, 4) is 28.8 Å². The second kappa shape index (κ2) is 5.57. The zero-order valence-electron chi connectivity index (χ0n) is 11.6. The molecular weight excluding hydrogens is 298 g/mol. The third-order valence-corrected chi connectivity index (χ3v) is 3.19. The number of benzene rings is 1. The molecule has 0 saturated carbocycles. The zero-order chi connectivity index (χ0) is 16.4. The number of aromatic nitrogens is 4. The molecule has 3 aromatic rings. The Morgan fingerprint density at radius 2 is 1.96 bits per heavy atom. The van der Waals surface area contributed by atoms with Gasteiger partial charge in [-0.3, -0.25) is 4.98 Å². The van der Waals surface area contributed by atoms with E-state index in [-0.39, 0.29) is 17.0 Å². The van der Waals surface area contributed by atoms with Gasteiger partial charge in [0, 0.05) is 18.0 Å². The maximum atomic E-state index is 11.2. The molecule has 3 rings (SSSR count). The predicted molar refractivity (Wildman–Crippen MR) is 77.9 cm³/mol. The quantitative estimate of drug-likeness (QED) is 0.752. The van der Waals surface area contributed by atoms with Crippen LogP contribution >= 0.6 is 0 Å². The fourth-order valence-corrected chi connectivity index (χ4v) is 2.13. The van der Waals surface area contributed by atoms with Gasteiger partial charge in [0.15, 0.2) is 5.69 Å². The third kappa shape index (κ3) is 2.47. The molecule has 2 N–H and O–H groups in total. The summed E-state index contributed by atoms with van der Waals surface area (Å²) in [6.45, 7) is 0. The maximum Gasteiger partial charge on any atom is 0.339 e. The van der Waals surface area contributed by atoms with Gasteiger partial charge in [-0.15, -0.1) is 5.10 Å². The lowest BCUT2D eigenvalue weighted by molar-refractivity contribution is 0.0693. The average molecular weight is 307 g/mol. The minimum absolute atomic E-state index is 0.0983. The molecule has 8 nitrogen and oxygen atoms in total. The van der Waals surface area contributed by atoms with Crippen LogP contribution in [-0.4, -0.2) is 36.2 Å². The van der Waals surface area contributed by atoms with Crippen molar-refractivity contribution in [2.24, 2.45) is 0 Å². The Kier molecular flexibility index (Phi) is 3.44. The summed E-state index contributed by atoms with van der Waals surface area (Å²) in [5, 5.41) is 35.6. The Morgan fingerprint density at radius 1 is 1.22 bits per heavy atom. The van der Waals surface area contributed by atoms with Crippen LogP contribution in [0.3, 0.4) is 0 Å². The molecule has 0 amide bonds. The molecule has 0 aliphatic heterocycles. The van der Waals surface area contributed by atoms with Crippen LogP contribution in [0.2, 0.25) is 0 Å². The lowest BCUT2D eigenvalue weighted by Gasteiger charge is -2.08. The van der Waals surface area contributed by atoms with Crippen LogP contribution in [-0.2, 0) is 0 Å². The number of hydrogen-bond acceptors (Lipinski definition) is 6. The first-order valence-electron chi connectivity index (χ1n) is 6.44. The Bertz CT molecular complexity index is 928. The number of hydrogen-bond donors (Lipinski definition) is 2. The summed E-state index contributed by atoms with van der Waals surface area (Å²) in [6, 6.07) is 9.33. The molecule has 0 aliphatic rings. The molecule has 8 heteroatoms. The van der Waals surface area contributed by atoms with Gasteiger partial charge in [0.1, 0.15) is 23.1 Å². The van der Waals surface area contributed by atoms with Crippen molar-refractivity contribution in [2.45, 2.75) is 0 Å². The minimum Gasteiger partial charge on any atom is -0.507 e. The molecule has 0 fully saturated rings. The first kappa shape index (κ1) is 14.2. The van der Waals surface area contributed by atoms with E-state index in [0.717, 1.165) is 0 Å². The van der Waals surface area contributed by atoms with Crippen molar-refractivity contribution < 1.29 is 15.0 Å². The van der Waals surface area contributed by atoms with Crippen molar-refractivity contribution in [1.82, 2.24) is 20.0 Å². The number of pyridine rings is 1. The number of nitrogens with zero attached hydrogens (tertiary/aromatic N) is 5. The van der Waals surface area contributed by atoms with Gasteiger partial charge < -0.3 is 10.2 Å². The van der Waals surface area contributed by atoms with E-state index in [1.165, 1.54) is 22.9 Å². The highest BCUT2D eigenvalue weighted by molar-refractivity contribution is 5.91. The van der Waals surface area contributed by atoms with Crippen molar-refractivity contribution in [2.75, 3.05) is 0 Å². The third-order valence-electron chi connectivity index (χ3n) is 3.19. The summed E-state index contributed by atoms with van der Waals surface area (Å²) in [5.74, 6) is -1.62. The van der Waals surface area contributed by atoms with Gasteiger partial charge in [0.2, 0.25) is 0 Å². The zero-order valence-corrected chi connectivity index (χ0v) is 11.6. The second-order valence-electron chi connectivity index (χ2n) is 4.55. The highest BCUT2D eigenvalue weighted by Gasteiger charge is 2.18. The van der Waals surface area contributed by atoms with Crippen LogP contribution in [0.25, 0.3) is 16.9 Å². The van der Waals surface area contributed by atoms with Crippen LogP contribution in [0.4, 0.5) is 0 Å². The fourth-order valence-electron chi connectivity index (χ4n) is 2.13. The highest BCUT2D eigenvalue weighted by Crippen LogP contribution is 2.27. The summed E-state index contributed by atoms with van der Waals surface area (Å²) in [7, 11) is 0. The van der Waals surface area contributed by atoms with Crippen LogP contribution in [0.5, 0.6) is 5.75 Å². The first-order valence-corrected chi connectivity index (χ1v) is 6.44. The van der Waals surface area contributed by atoms with Gasteiger partial charge in [-0.05, 0) is 30.3 Å². The van der Waals surface area contributed by atoms with Crippen LogP contribution < -0.4 is 0 Å². The molecule has 0 saturated heterocycles. The number of nitriles is 1. The van der Waals surface area contributed by atoms with E-state index in [1.54, 1.807) is 24.5 Å². The monoisotopic (exact) mass is 307 g/mol. The Balaban J connectivity index is 2.23. The normalized spacial score (nSPS) is 10.2. The minimum atomic E-state index is -1.27. The number of aromatic carboxylic acids is 1.